The van der Waals surface area contributed by atoms with E-state index in [0.717, 1.165) is 22.5 Å². The van der Waals surface area contributed by atoms with Crippen molar-refractivity contribution in [3.05, 3.63) is 51.1 Å². The first-order valence-corrected chi connectivity index (χ1v) is 8.67. The highest BCUT2D eigenvalue weighted by Crippen LogP contribution is 2.21. The molecular formula is C18H21N5OS. The quantitative estimate of drug-likeness (QED) is 0.547. The molecule has 6 nitrogen and oxygen atoms in total. The van der Waals surface area contributed by atoms with Crippen molar-refractivity contribution in [3.63, 3.8) is 0 Å². The van der Waals surface area contributed by atoms with Gasteiger partial charge in [0.2, 0.25) is 0 Å². The van der Waals surface area contributed by atoms with Gasteiger partial charge in [-0.05, 0) is 38.8 Å². The molecule has 7 heteroatoms. The summed E-state index contributed by atoms with van der Waals surface area (Å²) in [6.07, 6.45) is 1.44. The first kappa shape index (κ1) is 18.5. The van der Waals surface area contributed by atoms with Crippen molar-refractivity contribution in [1.82, 2.24) is 15.8 Å². The van der Waals surface area contributed by atoms with Gasteiger partial charge in [-0.25, -0.2) is 4.98 Å². The van der Waals surface area contributed by atoms with Gasteiger partial charge in [-0.2, -0.15) is 5.26 Å². The molecule has 25 heavy (non-hydrogen) atoms. The van der Waals surface area contributed by atoms with E-state index in [-0.39, 0.29) is 12.5 Å². The van der Waals surface area contributed by atoms with Gasteiger partial charge in [0.1, 0.15) is 16.6 Å². The largest absolute Gasteiger partial charge is 0.376 e. The number of benzene rings is 1. The van der Waals surface area contributed by atoms with E-state index in [1.165, 1.54) is 23.1 Å². The molecule has 0 fully saturated rings. The molecule has 0 saturated heterocycles. The van der Waals surface area contributed by atoms with Crippen LogP contribution in [0, 0.1) is 39.0 Å². The molecule has 0 unspecified atom stereocenters. The lowest BCUT2D eigenvalue weighted by Gasteiger charge is -2.13. The Morgan fingerprint density at radius 2 is 1.96 bits per heavy atom. The maximum absolute atomic E-state index is 12.0. The van der Waals surface area contributed by atoms with E-state index in [0.29, 0.717) is 10.6 Å². The molecular weight excluding hydrogens is 334 g/mol. The normalized spacial score (nSPS) is 10.9. The van der Waals surface area contributed by atoms with Crippen molar-refractivity contribution < 1.29 is 4.79 Å². The summed E-state index contributed by atoms with van der Waals surface area (Å²) in [6.45, 7) is 8.06. The number of hydrogen-bond donors (Lipinski definition) is 3. The fourth-order valence-corrected chi connectivity index (χ4v) is 3.24. The third-order valence-corrected chi connectivity index (χ3v) is 4.49. The number of allylic oxidation sites excluding steroid dienone is 1. The second-order valence-corrected chi connectivity index (χ2v) is 6.64. The summed E-state index contributed by atoms with van der Waals surface area (Å²) in [5.41, 5.74) is 10.8. The van der Waals surface area contributed by atoms with Crippen LogP contribution in [0.4, 0.5) is 5.69 Å². The minimum absolute atomic E-state index is 0.129. The molecule has 0 aliphatic rings. The molecule has 2 rings (SSSR count). The molecule has 0 atom stereocenters. The third-order valence-electron chi connectivity index (χ3n) is 3.50. The summed E-state index contributed by atoms with van der Waals surface area (Å²) in [4.78, 5) is 16.2. The van der Waals surface area contributed by atoms with E-state index in [1.807, 2.05) is 33.1 Å². The number of amides is 1. The van der Waals surface area contributed by atoms with Crippen molar-refractivity contribution in [2.45, 2.75) is 27.7 Å². The van der Waals surface area contributed by atoms with Gasteiger partial charge in [-0.15, -0.1) is 11.3 Å². The molecule has 3 N–H and O–H groups in total. The van der Waals surface area contributed by atoms with Crippen LogP contribution < -0.4 is 16.2 Å². The summed E-state index contributed by atoms with van der Waals surface area (Å²) in [7, 11) is 0. The number of nitrogens with zero attached hydrogens (tertiary/aromatic N) is 2. The van der Waals surface area contributed by atoms with Gasteiger partial charge >= 0.3 is 0 Å². The summed E-state index contributed by atoms with van der Waals surface area (Å²) in [6, 6.07) is 6.21. The zero-order valence-corrected chi connectivity index (χ0v) is 15.5. The van der Waals surface area contributed by atoms with Crippen molar-refractivity contribution in [2.24, 2.45) is 0 Å². The lowest BCUT2D eigenvalue weighted by atomic mass is 10.1. The van der Waals surface area contributed by atoms with E-state index in [4.69, 9.17) is 0 Å². The topological polar surface area (TPSA) is 89.8 Å². The van der Waals surface area contributed by atoms with Crippen molar-refractivity contribution in [2.75, 3.05) is 11.9 Å². The van der Waals surface area contributed by atoms with Gasteiger partial charge in [-0.3, -0.25) is 10.2 Å². The van der Waals surface area contributed by atoms with Crippen LogP contribution in [-0.4, -0.2) is 17.4 Å². The summed E-state index contributed by atoms with van der Waals surface area (Å²) >= 11 is 1.39. The molecule has 0 radical (unpaired) electrons. The Labute approximate surface area is 151 Å². The lowest BCUT2D eigenvalue weighted by Crippen LogP contribution is -2.38. The fourth-order valence-electron chi connectivity index (χ4n) is 2.48. The predicted octanol–water partition coefficient (Wildman–Crippen LogP) is 2.97. The van der Waals surface area contributed by atoms with Crippen LogP contribution >= 0.6 is 11.3 Å². The second-order valence-electron chi connectivity index (χ2n) is 5.78. The van der Waals surface area contributed by atoms with Gasteiger partial charge in [0.05, 0.1) is 6.54 Å². The van der Waals surface area contributed by atoms with E-state index in [1.54, 1.807) is 0 Å². The molecule has 0 aliphatic heterocycles. The number of carbonyl (C=O) groups excluding carboxylic acids is 1. The Morgan fingerprint density at radius 1 is 1.28 bits per heavy atom. The van der Waals surface area contributed by atoms with E-state index < -0.39 is 0 Å². The fraction of sp³-hybridized carbons (Fsp3) is 0.278. The second kappa shape index (κ2) is 8.31. The average molecular weight is 355 g/mol. The number of anilines is 1. The van der Waals surface area contributed by atoms with Gasteiger partial charge in [0.25, 0.3) is 5.91 Å². The summed E-state index contributed by atoms with van der Waals surface area (Å²) < 4.78 is 0. The van der Waals surface area contributed by atoms with Gasteiger partial charge in [0, 0.05) is 23.0 Å². The Balaban J connectivity index is 1.89. The first-order valence-electron chi connectivity index (χ1n) is 7.79. The highest BCUT2D eigenvalue weighted by atomic mass is 32.1. The third kappa shape index (κ3) is 5.06. The van der Waals surface area contributed by atoms with Crippen LogP contribution in [0.5, 0.6) is 0 Å². The standard InChI is InChI=1S/C18H21N5OS/c1-11-5-12(2)17(13(3)6-11)20-9-16(24)23-21-8-15(7-19)18-22-14(4)10-25-18/h5-6,8,10,20-21H,9H2,1-4H3,(H,23,24)/b15-8+. The van der Waals surface area contributed by atoms with Crippen LogP contribution in [0.25, 0.3) is 5.57 Å². The van der Waals surface area contributed by atoms with Gasteiger partial charge in [-0.1, -0.05) is 17.7 Å². The zero-order valence-electron chi connectivity index (χ0n) is 14.7. The van der Waals surface area contributed by atoms with E-state index in [2.05, 4.69) is 39.4 Å². The van der Waals surface area contributed by atoms with Crippen LogP contribution in [0.1, 0.15) is 27.4 Å². The monoisotopic (exact) mass is 355 g/mol. The molecule has 0 spiro atoms. The highest BCUT2D eigenvalue weighted by molar-refractivity contribution is 7.10. The van der Waals surface area contributed by atoms with Crippen LogP contribution in [0.2, 0.25) is 0 Å². The number of aryl methyl sites for hydroxylation is 4. The lowest BCUT2D eigenvalue weighted by molar-refractivity contribution is -0.120. The molecule has 1 amide bonds. The first-order chi connectivity index (χ1) is 11.9. The van der Waals surface area contributed by atoms with Crippen LogP contribution in [-0.2, 0) is 4.79 Å². The molecule has 0 saturated carbocycles. The number of hydrogen-bond acceptors (Lipinski definition) is 6. The molecule has 0 bridgehead atoms. The Kier molecular flexibility index (Phi) is 6.14. The Morgan fingerprint density at radius 3 is 2.52 bits per heavy atom. The predicted molar refractivity (Wildman–Crippen MR) is 101 cm³/mol. The number of thiazole rings is 1. The minimum atomic E-state index is -0.233. The number of rotatable bonds is 6. The van der Waals surface area contributed by atoms with Crippen molar-refractivity contribution in [1.29, 1.82) is 5.26 Å². The van der Waals surface area contributed by atoms with Gasteiger partial charge < -0.3 is 10.7 Å². The average Bonchev–Trinajstić information content (AvgIpc) is 2.96. The maximum atomic E-state index is 12.0. The highest BCUT2D eigenvalue weighted by Gasteiger charge is 2.07. The maximum Gasteiger partial charge on any atom is 0.257 e. The van der Waals surface area contributed by atoms with E-state index in [9.17, 15) is 10.1 Å². The smallest absolute Gasteiger partial charge is 0.257 e. The summed E-state index contributed by atoms with van der Waals surface area (Å²) in [5.74, 6) is -0.233. The molecule has 1 aromatic carbocycles. The Hall–Kier alpha value is -2.85. The van der Waals surface area contributed by atoms with E-state index >= 15 is 0 Å². The number of nitriles is 1. The number of hydrazine groups is 1. The SMILES string of the molecule is Cc1cc(C)c(NCC(=O)NN/C=C(\C#N)c2nc(C)cs2)c(C)c1. The molecule has 2 aromatic rings. The van der Waals surface area contributed by atoms with Crippen molar-refractivity contribution >= 4 is 28.5 Å². The van der Waals surface area contributed by atoms with Gasteiger partial charge in [0.15, 0.2) is 0 Å². The molecule has 130 valence electrons. The zero-order chi connectivity index (χ0) is 18.4. The molecule has 0 aliphatic carbocycles. The molecule has 1 heterocycles. The number of nitrogens with one attached hydrogen (secondary N) is 3. The van der Waals surface area contributed by atoms with Crippen molar-refractivity contribution in [3.8, 4) is 6.07 Å². The molecule has 1 aromatic heterocycles. The number of aromatic nitrogens is 1. The Bertz CT molecular complexity index is 824. The van der Waals surface area contributed by atoms with Crippen LogP contribution in [0.3, 0.4) is 0 Å². The number of carbonyl (C=O) groups is 1. The summed E-state index contributed by atoms with van der Waals surface area (Å²) in [5, 5.41) is 14.8. The minimum Gasteiger partial charge on any atom is -0.376 e. The van der Waals surface area contributed by atoms with Crippen LogP contribution in [0.15, 0.2) is 23.7 Å².